The minimum atomic E-state index is -5.72. The fourth-order valence-electron chi connectivity index (χ4n) is 3.34. The highest BCUT2D eigenvalue weighted by Gasteiger charge is 2.51. The molecule has 1 aromatic rings. The number of nitrogens with one attached hydrogen (secondary N) is 1. The molecular weight excluding hydrogens is 600 g/mol. The smallest absolute Gasteiger partial charge is 0.479 e. The number of aromatic nitrogens is 2. The molecule has 0 bridgehead atoms. The van der Waals surface area contributed by atoms with Gasteiger partial charge in [-0.3, -0.25) is 23.4 Å². The van der Waals surface area contributed by atoms with Gasteiger partial charge in [0.05, 0.1) is 6.61 Å². The first-order valence-corrected chi connectivity index (χ1v) is 13.0. The number of carbonyl (C=O) groups is 1. The topological polar surface area (TPSA) is 419 Å². The lowest BCUT2D eigenvalue weighted by atomic mass is 9.99. The van der Waals surface area contributed by atoms with Crippen LogP contribution in [0.4, 0.5) is 0 Å². The predicted molar refractivity (Wildman–Crippen MR) is 124 cm³/mol. The summed E-state index contributed by atoms with van der Waals surface area (Å²) in [6, 6.07) is 0.910. The number of phosphoric acid groups is 2. The lowest BCUT2D eigenvalue weighted by Gasteiger charge is -2.38. The summed E-state index contributed by atoms with van der Waals surface area (Å²) in [6.07, 6.45) is -17.2. The van der Waals surface area contributed by atoms with Gasteiger partial charge in [0.1, 0.15) is 36.6 Å². The van der Waals surface area contributed by atoms with Gasteiger partial charge in [-0.05, 0) is 0 Å². The molecule has 0 spiro atoms. The number of aliphatic carboxylic acids is 1. The van der Waals surface area contributed by atoms with Crippen molar-refractivity contribution in [3.63, 3.8) is 0 Å². The van der Waals surface area contributed by atoms with Crippen molar-refractivity contribution in [2.45, 2.75) is 55.2 Å². The summed E-state index contributed by atoms with van der Waals surface area (Å²) >= 11 is 0. The van der Waals surface area contributed by atoms with Crippen LogP contribution in [-0.4, -0.2) is 112 Å². The van der Waals surface area contributed by atoms with E-state index in [1.54, 1.807) is 0 Å². The van der Waals surface area contributed by atoms with Gasteiger partial charge in [-0.15, -0.1) is 0 Å². The van der Waals surface area contributed by atoms with Crippen molar-refractivity contribution in [2.24, 2.45) is 0 Å². The first kappa shape index (κ1) is 38.0. The monoisotopic (exact) mass is 631 g/mol. The molecule has 0 radical (unpaired) electrons. The molecule has 4 unspecified atom stereocenters. The first-order valence-electron chi connectivity index (χ1n) is 9.98. The van der Waals surface area contributed by atoms with Gasteiger partial charge >= 0.3 is 27.3 Å². The van der Waals surface area contributed by atoms with Crippen LogP contribution < -0.4 is 29.7 Å². The molecule has 234 valence electrons. The summed E-state index contributed by atoms with van der Waals surface area (Å²) in [7, 11) is -11.3. The SMILES string of the molecule is N.N.N.O=C(O)[C@H]1OC(OP(=O)(O)OP(=O)(O)OC[C@H]2OC(n3ccc(=O)[nH]c3=O)[C@H](O)[C@@H]2O)[C@H](O)[C@@H](O)[C@@H]1O. The fraction of sp³-hybridized carbons (Fsp3) is 0.667. The average Bonchev–Trinajstić information content (AvgIpc) is 3.05. The summed E-state index contributed by atoms with van der Waals surface area (Å²) in [6.45, 7) is -1.07. The van der Waals surface area contributed by atoms with Crippen molar-refractivity contribution in [1.82, 2.24) is 28.0 Å². The highest BCUT2D eigenvalue weighted by Crippen LogP contribution is 2.61. The predicted octanol–water partition coefficient (Wildman–Crippen LogP) is -4.22. The van der Waals surface area contributed by atoms with E-state index in [1.807, 2.05) is 4.98 Å². The van der Waals surface area contributed by atoms with Crippen LogP contribution in [0, 0.1) is 0 Å². The molecule has 40 heavy (non-hydrogen) atoms. The third kappa shape index (κ3) is 8.51. The Balaban J connectivity index is 0.00000507. The number of hydrogen-bond donors (Lipinski definition) is 12. The third-order valence-electron chi connectivity index (χ3n) is 5.12. The molecule has 25 heteroatoms. The minimum Gasteiger partial charge on any atom is -0.479 e. The molecule has 3 heterocycles. The van der Waals surface area contributed by atoms with Gasteiger partial charge in [0.25, 0.3) is 5.56 Å². The van der Waals surface area contributed by atoms with E-state index in [2.05, 4.69) is 18.1 Å². The van der Waals surface area contributed by atoms with Crippen LogP contribution in [0.15, 0.2) is 21.9 Å². The molecule has 0 aliphatic carbocycles. The van der Waals surface area contributed by atoms with Crippen LogP contribution in [0.3, 0.4) is 0 Å². The Morgan fingerprint density at radius 3 is 2.08 bits per heavy atom. The largest absolute Gasteiger partial charge is 0.483 e. The quantitative estimate of drug-likeness (QED) is 0.115. The van der Waals surface area contributed by atoms with Crippen LogP contribution >= 0.6 is 15.6 Å². The molecular formula is C15H31N5O18P2. The number of aliphatic hydroxyl groups is 5. The summed E-state index contributed by atoms with van der Waals surface area (Å²) in [5.74, 6) is -1.85. The van der Waals surface area contributed by atoms with Gasteiger partial charge < -0.3 is 68.4 Å². The average molecular weight is 631 g/mol. The van der Waals surface area contributed by atoms with Crippen LogP contribution in [0.25, 0.3) is 0 Å². The van der Waals surface area contributed by atoms with Crippen molar-refractivity contribution in [2.75, 3.05) is 6.61 Å². The zero-order valence-corrected chi connectivity index (χ0v) is 22.0. The van der Waals surface area contributed by atoms with Crippen LogP contribution in [0.2, 0.25) is 0 Å². The molecule has 18 N–H and O–H groups in total. The van der Waals surface area contributed by atoms with Crippen molar-refractivity contribution in [1.29, 1.82) is 0 Å². The van der Waals surface area contributed by atoms with E-state index in [-0.39, 0.29) is 18.5 Å². The number of aliphatic hydroxyl groups excluding tert-OH is 5. The van der Waals surface area contributed by atoms with Gasteiger partial charge in [-0.2, -0.15) is 4.31 Å². The molecule has 0 amide bonds. The normalized spacial score (nSPS) is 34.7. The zero-order valence-electron chi connectivity index (χ0n) is 20.2. The van der Waals surface area contributed by atoms with Crippen LogP contribution in [0.5, 0.6) is 0 Å². The molecule has 2 aliphatic rings. The van der Waals surface area contributed by atoms with Gasteiger partial charge in [0, 0.05) is 12.3 Å². The molecule has 2 saturated heterocycles. The third-order valence-corrected chi connectivity index (χ3v) is 7.72. The van der Waals surface area contributed by atoms with Gasteiger partial charge in [0.2, 0.25) is 0 Å². The van der Waals surface area contributed by atoms with Crippen molar-refractivity contribution in [3.8, 4) is 0 Å². The molecule has 2 fully saturated rings. The molecule has 0 saturated carbocycles. The Morgan fingerprint density at radius 2 is 1.52 bits per heavy atom. The van der Waals surface area contributed by atoms with E-state index in [0.717, 1.165) is 12.3 Å². The van der Waals surface area contributed by atoms with E-state index in [4.69, 9.17) is 9.84 Å². The van der Waals surface area contributed by atoms with Gasteiger partial charge in [-0.25, -0.2) is 18.7 Å². The van der Waals surface area contributed by atoms with E-state index < -0.39 is 94.7 Å². The lowest BCUT2D eigenvalue weighted by Crippen LogP contribution is -2.60. The van der Waals surface area contributed by atoms with E-state index in [1.165, 1.54) is 0 Å². The summed E-state index contributed by atoms with van der Waals surface area (Å²) in [5, 5.41) is 58.3. The standard InChI is InChI=1S/C15H22N2O18P2.3H3N/c18-5-1-2-17(15(26)16-5)12-9(22)6(19)4(32-12)3-31-36(27,28)35-37(29,30)34-14-10(23)7(20)8(21)11(33-14)13(24)25;;;/h1-2,4,6-12,14,19-23H,3H2,(H,24,25)(H,27,28)(H,29,30)(H,16,18,26);3*1H3/t4-,6-,7+,8+,9-,10-,11+,12?,14?;;;/m1.../s1. The van der Waals surface area contributed by atoms with Crippen LogP contribution in [-0.2, 0) is 36.8 Å². The number of carboxylic acid groups (broad SMARTS) is 1. The molecule has 0 aromatic carbocycles. The van der Waals surface area contributed by atoms with E-state index in [9.17, 15) is 58.8 Å². The Labute approximate surface area is 222 Å². The van der Waals surface area contributed by atoms with E-state index in [0.29, 0.717) is 4.57 Å². The number of ether oxygens (including phenoxy) is 2. The molecule has 11 atom stereocenters. The minimum absolute atomic E-state index is 0. The van der Waals surface area contributed by atoms with Crippen molar-refractivity contribution in [3.05, 3.63) is 33.1 Å². The Kier molecular flexibility index (Phi) is 13.6. The maximum Gasteiger partial charge on any atom is 0.483 e. The second kappa shape index (κ2) is 14.3. The zero-order chi connectivity index (χ0) is 27.9. The van der Waals surface area contributed by atoms with E-state index >= 15 is 0 Å². The maximum absolute atomic E-state index is 12.2. The number of nitrogens with zero attached hydrogens (tertiary/aromatic N) is 1. The van der Waals surface area contributed by atoms with Crippen molar-refractivity contribution >= 4 is 21.6 Å². The second-order valence-electron chi connectivity index (χ2n) is 7.72. The highest BCUT2D eigenvalue weighted by molar-refractivity contribution is 7.61. The molecule has 1 aromatic heterocycles. The van der Waals surface area contributed by atoms with Gasteiger partial charge in [-0.1, -0.05) is 0 Å². The highest BCUT2D eigenvalue weighted by atomic mass is 31.3. The number of phosphoric ester groups is 2. The lowest BCUT2D eigenvalue weighted by molar-refractivity contribution is -0.274. The Bertz CT molecular complexity index is 1210. The second-order valence-corrected chi connectivity index (χ2v) is 10.7. The maximum atomic E-state index is 12.2. The first-order chi connectivity index (χ1) is 17.0. The Morgan fingerprint density at radius 1 is 0.925 bits per heavy atom. The Hall–Kier alpha value is -1.99. The molecule has 2 aliphatic heterocycles. The van der Waals surface area contributed by atoms with Crippen molar-refractivity contribution < 1.29 is 77.2 Å². The number of carboxylic acids is 1. The van der Waals surface area contributed by atoms with Crippen LogP contribution in [0.1, 0.15) is 6.23 Å². The number of H-pyrrole nitrogens is 1. The summed E-state index contributed by atoms with van der Waals surface area (Å²) in [4.78, 5) is 55.5. The molecule has 3 rings (SSSR count). The van der Waals surface area contributed by atoms with Gasteiger partial charge in [0.15, 0.2) is 18.6 Å². The number of hydrogen-bond acceptors (Lipinski definition) is 18. The summed E-state index contributed by atoms with van der Waals surface area (Å²) in [5.41, 5.74) is -1.78. The fourth-order valence-corrected chi connectivity index (χ4v) is 5.49. The molecule has 23 nitrogen and oxygen atoms in total. The number of rotatable bonds is 9. The summed E-state index contributed by atoms with van der Waals surface area (Å²) < 4.78 is 47.6. The number of aromatic amines is 1.